The van der Waals surface area contributed by atoms with Crippen molar-refractivity contribution in [2.24, 2.45) is 17.8 Å². The molecule has 0 amide bonds. The molecule has 8 nitrogen and oxygen atoms in total. The Morgan fingerprint density at radius 2 is 1.81 bits per heavy atom. The zero-order valence-corrected chi connectivity index (χ0v) is 31.3. The summed E-state index contributed by atoms with van der Waals surface area (Å²) >= 11 is 0. The SMILES string of the molecule is CC[C@H]1O[C@]2(CC[C@@H]1C)C[C@@H]1C[C@@H](CC(=O)/C(C)=C/[C@@H](C)/C=C/C=C3\CO[C@@H]4[C@H](O[Si](C)(C)C(C)(C)C)C(C)=C[C@@H](C(=O)O1)[C@]34O)O2. The summed E-state index contributed by atoms with van der Waals surface area (Å²) in [6, 6.07) is 0. The Hall–Kier alpha value is -1.88. The van der Waals surface area contributed by atoms with Crippen LogP contribution in [0.25, 0.3) is 0 Å². The van der Waals surface area contributed by atoms with E-state index in [1.54, 1.807) is 0 Å². The van der Waals surface area contributed by atoms with E-state index in [-0.39, 0.29) is 35.9 Å². The number of ketones is 1. The van der Waals surface area contributed by atoms with Gasteiger partial charge in [-0.3, -0.25) is 9.59 Å². The number of ether oxygens (including phenoxy) is 4. The minimum atomic E-state index is -2.28. The maximum absolute atomic E-state index is 14.4. The summed E-state index contributed by atoms with van der Waals surface area (Å²) in [7, 11) is -2.28. The molecule has 47 heavy (non-hydrogen) atoms. The number of hydrogen-bond acceptors (Lipinski definition) is 8. The van der Waals surface area contributed by atoms with Gasteiger partial charge in [0, 0.05) is 25.7 Å². The molecule has 2 bridgehead atoms. The Morgan fingerprint density at radius 3 is 2.49 bits per heavy atom. The van der Waals surface area contributed by atoms with Crippen LogP contribution in [-0.2, 0) is 33.0 Å². The van der Waals surface area contributed by atoms with E-state index in [0.717, 1.165) is 18.4 Å². The van der Waals surface area contributed by atoms with Crippen LogP contribution in [0.1, 0.15) is 93.9 Å². The molecule has 9 heteroatoms. The second kappa shape index (κ2) is 13.4. The topological polar surface area (TPSA) is 101 Å². The Balaban J connectivity index is 1.56. The third kappa shape index (κ3) is 7.22. The first-order valence-electron chi connectivity index (χ1n) is 17.7. The smallest absolute Gasteiger partial charge is 0.316 e. The van der Waals surface area contributed by atoms with Gasteiger partial charge < -0.3 is 28.5 Å². The standard InChI is InChI=1S/C38H58O8Si/c1-11-32-24(3)15-16-37(45-32)21-29-19-28(44-37)20-31(39)25(4)17-23(2)13-12-14-27-22-42-34-33(46-47(9,10)36(6,7)8)26(5)18-30(35(40)43-29)38(27,34)41/h12-14,17-18,23-24,28-30,32-34,41H,11,15-16,19-22H2,1-10H3/b13-12+,25-17+,27-14+/t23-,24-,28-,29-,30-,32+,33+,34+,37+,38+/m0/s1. The molecule has 5 aliphatic rings. The van der Waals surface area contributed by atoms with Crippen molar-refractivity contribution < 1.29 is 38.1 Å². The highest BCUT2D eigenvalue weighted by molar-refractivity contribution is 6.74. The van der Waals surface area contributed by atoms with Crippen LogP contribution in [0.3, 0.4) is 0 Å². The van der Waals surface area contributed by atoms with E-state index in [9.17, 15) is 14.7 Å². The number of carbonyl (C=O) groups excluding carboxylic acids is 2. The van der Waals surface area contributed by atoms with Gasteiger partial charge in [-0.1, -0.05) is 71.9 Å². The number of aliphatic hydroxyl groups is 1. The molecular weight excluding hydrogens is 612 g/mol. The second-order valence-corrected chi connectivity index (χ2v) is 21.1. The molecule has 262 valence electrons. The average molecular weight is 671 g/mol. The predicted octanol–water partition coefficient (Wildman–Crippen LogP) is 7.13. The van der Waals surface area contributed by atoms with Crippen LogP contribution in [0.4, 0.5) is 0 Å². The van der Waals surface area contributed by atoms with E-state index < -0.39 is 56.0 Å². The lowest BCUT2D eigenvalue weighted by molar-refractivity contribution is -0.335. The largest absolute Gasteiger partial charge is 0.462 e. The monoisotopic (exact) mass is 670 g/mol. The molecule has 3 saturated heterocycles. The molecule has 4 aliphatic heterocycles. The Bertz CT molecular complexity index is 1340. The van der Waals surface area contributed by atoms with Crippen molar-refractivity contribution in [3.05, 3.63) is 47.1 Å². The van der Waals surface area contributed by atoms with Crippen molar-refractivity contribution in [1.29, 1.82) is 0 Å². The Kier molecular flexibility index (Phi) is 10.4. The van der Waals surface area contributed by atoms with Crippen molar-refractivity contribution in [3.8, 4) is 0 Å². The summed E-state index contributed by atoms with van der Waals surface area (Å²) < 4.78 is 32.9. The van der Waals surface area contributed by atoms with E-state index >= 15 is 0 Å². The van der Waals surface area contributed by atoms with E-state index in [1.807, 2.05) is 51.2 Å². The van der Waals surface area contributed by atoms with Gasteiger partial charge in [0.15, 0.2) is 19.9 Å². The van der Waals surface area contributed by atoms with Gasteiger partial charge in [0.1, 0.15) is 23.7 Å². The van der Waals surface area contributed by atoms with Crippen LogP contribution < -0.4 is 0 Å². The molecule has 1 spiro atoms. The van der Waals surface area contributed by atoms with E-state index in [1.165, 1.54) is 0 Å². The fourth-order valence-corrected chi connectivity index (χ4v) is 9.04. The lowest BCUT2D eigenvalue weighted by Gasteiger charge is -2.50. The molecule has 0 radical (unpaired) electrons. The number of esters is 1. The molecular formula is C38H58O8Si. The van der Waals surface area contributed by atoms with E-state index in [2.05, 4.69) is 47.7 Å². The number of hydrogen-bond donors (Lipinski definition) is 1. The quantitative estimate of drug-likeness (QED) is 0.192. The molecule has 0 aromatic heterocycles. The zero-order chi connectivity index (χ0) is 34.5. The van der Waals surface area contributed by atoms with Crippen LogP contribution in [0.5, 0.6) is 0 Å². The van der Waals surface area contributed by atoms with Crippen molar-refractivity contribution in [2.45, 2.75) is 154 Å². The summed E-state index contributed by atoms with van der Waals surface area (Å²) in [6.07, 6.45) is 10.7. The van der Waals surface area contributed by atoms with Crippen molar-refractivity contribution in [2.75, 3.05) is 6.61 Å². The highest BCUT2D eigenvalue weighted by Gasteiger charge is 2.61. The third-order valence-electron chi connectivity index (χ3n) is 11.7. The van der Waals surface area contributed by atoms with Gasteiger partial charge >= 0.3 is 5.97 Å². The summed E-state index contributed by atoms with van der Waals surface area (Å²) in [4.78, 5) is 27.8. The average Bonchev–Trinajstić information content (AvgIpc) is 3.31. The summed E-state index contributed by atoms with van der Waals surface area (Å²) in [6.45, 7) is 21.2. The van der Waals surface area contributed by atoms with Crippen molar-refractivity contribution in [1.82, 2.24) is 0 Å². The molecule has 0 saturated carbocycles. The summed E-state index contributed by atoms with van der Waals surface area (Å²) in [5.41, 5.74) is 0.488. The first kappa shape index (κ1) is 36.4. The van der Waals surface area contributed by atoms with Crippen LogP contribution in [-0.4, -0.2) is 73.7 Å². The lowest BCUT2D eigenvalue weighted by Crippen LogP contribution is -2.60. The number of carbonyl (C=O) groups is 2. The van der Waals surface area contributed by atoms with Crippen molar-refractivity contribution >= 4 is 20.1 Å². The molecule has 1 aliphatic carbocycles. The molecule has 0 unspecified atom stereocenters. The maximum Gasteiger partial charge on any atom is 0.316 e. The first-order chi connectivity index (χ1) is 21.9. The summed E-state index contributed by atoms with van der Waals surface area (Å²) in [5.74, 6) is -2.06. The molecule has 5 rings (SSSR count). The van der Waals surface area contributed by atoms with E-state index in [0.29, 0.717) is 36.3 Å². The van der Waals surface area contributed by atoms with Crippen LogP contribution in [0.15, 0.2) is 47.1 Å². The second-order valence-electron chi connectivity index (χ2n) is 16.4. The minimum Gasteiger partial charge on any atom is -0.462 e. The first-order valence-corrected chi connectivity index (χ1v) is 20.7. The molecule has 0 aromatic rings. The Labute approximate surface area is 283 Å². The number of allylic oxidation sites excluding steroid dienone is 5. The van der Waals surface area contributed by atoms with Crippen molar-refractivity contribution in [3.63, 3.8) is 0 Å². The molecule has 3 fully saturated rings. The minimum absolute atomic E-state index is 0.0130. The number of Topliss-reactive ketones (excluding diaryl/α,β-unsaturated/α-hetero) is 1. The van der Waals surface area contributed by atoms with Gasteiger partial charge in [-0.15, -0.1) is 0 Å². The molecule has 4 heterocycles. The lowest BCUT2D eigenvalue weighted by atomic mass is 9.71. The maximum atomic E-state index is 14.4. The van der Waals surface area contributed by atoms with Gasteiger partial charge in [-0.2, -0.15) is 0 Å². The van der Waals surface area contributed by atoms with Crippen LogP contribution in [0.2, 0.25) is 18.1 Å². The fourth-order valence-electron chi connectivity index (χ4n) is 7.74. The van der Waals surface area contributed by atoms with Crippen LogP contribution in [0, 0.1) is 17.8 Å². The fraction of sp³-hybridized carbons (Fsp3) is 0.737. The van der Waals surface area contributed by atoms with Gasteiger partial charge in [-0.05, 0) is 73.4 Å². The predicted molar refractivity (Wildman–Crippen MR) is 184 cm³/mol. The zero-order valence-electron chi connectivity index (χ0n) is 30.3. The highest BCUT2D eigenvalue weighted by atomic mass is 28.4. The molecule has 1 N–H and O–H groups in total. The third-order valence-corrected chi connectivity index (χ3v) is 16.1. The van der Waals surface area contributed by atoms with Gasteiger partial charge in [0.25, 0.3) is 0 Å². The molecule has 10 atom stereocenters. The van der Waals surface area contributed by atoms with Gasteiger partial charge in [-0.25, -0.2) is 0 Å². The van der Waals surface area contributed by atoms with Crippen LogP contribution >= 0.6 is 0 Å². The number of rotatable bonds is 3. The highest BCUT2D eigenvalue weighted by Crippen LogP contribution is 2.49. The van der Waals surface area contributed by atoms with Gasteiger partial charge in [0.2, 0.25) is 0 Å². The number of fused-ring (bicyclic) bond motifs is 2. The normalized spacial score (nSPS) is 43.3. The Morgan fingerprint density at radius 1 is 1.09 bits per heavy atom. The summed E-state index contributed by atoms with van der Waals surface area (Å²) in [5, 5.41) is 12.7. The van der Waals surface area contributed by atoms with Gasteiger partial charge in [0.05, 0.1) is 24.9 Å². The molecule has 0 aromatic carbocycles. The van der Waals surface area contributed by atoms with E-state index in [4.69, 9.17) is 23.4 Å².